The van der Waals surface area contributed by atoms with Gasteiger partial charge in [-0.1, -0.05) is 27.6 Å². The number of esters is 1. The number of ether oxygens (including phenoxy) is 1. The molecule has 1 aliphatic carbocycles. The SMILES string of the molecule is Nc1ccc(Br)cc1C(=O)OCC(=O)NCCC1=CCCCC1. The standard InChI is InChI=1S/C17H21BrN2O3/c18-13-6-7-15(19)14(10-13)17(22)23-11-16(21)20-9-8-12-4-2-1-3-5-12/h4,6-7,10H,1-3,5,8-9,11,19H2,(H,20,21). The summed E-state index contributed by atoms with van der Waals surface area (Å²) in [7, 11) is 0. The lowest BCUT2D eigenvalue weighted by molar-refractivity contribution is -0.124. The van der Waals surface area contributed by atoms with Crippen molar-refractivity contribution >= 4 is 33.5 Å². The van der Waals surface area contributed by atoms with Crippen LogP contribution in [0.4, 0.5) is 5.69 Å². The first-order valence-electron chi connectivity index (χ1n) is 7.73. The Morgan fingerprint density at radius 2 is 2.13 bits per heavy atom. The monoisotopic (exact) mass is 380 g/mol. The van der Waals surface area contributed by atoms with Crippen molar-refractivity contribution in [3.05, 3.63) is 39.9 Å². The van der Waals surface area contributed by atoms with E-state index >= 15 is 0 Å². The normalized spacial score (nSPS) is 14.0. The van der Waals surface area contributed by atoms with Gasteiger partial charge in [0, 0.05) is 16.7 Å². The first kappa shape index (κ1) is 17.5. The number of nitrogens with one attached hydrogen (secondary N) is 1. The summed E-state index contributed by atoms with van der Waals surface area (Å²) in [6, 6.07) is 4.92. The van der Waals surface area contributed by atoms with Crippen LogP contribution in [-0.2, 0) is 9.53 Å². The molecule has 3 N–H and O–H groups in total. The van der Waals surface area contributed by atoms with Crippen molar-refractivity contribution in [2.45, 2.75) is 32.1 Å². The van der Waals surface area contributed by atoms with Crippen molar-refractivity contribution in [1.82, 2.24) is 5.32 Å². The van der Waals surface area contributed by atoms with Crippen molar-refractivity contribution in [3.63, 3.8) is 0 Å². The molecule has 5 nitrogen and oxygen atoms in total. The van der Waals surface area contributed by atoms with Gasteiger partial charge in [-0.25, -0.2) is 4.79 Å². The van der Waals surface area contributed by atoms with Gasteiger partial charge in [0.15, 0.2) is 6.61 Å². The van der Waals surface area contributed by atoms with Crippen LogP contribution in [0, 0.1) is 0 Å². The van der Waals surface area contributed by atoms with Gasteiger partial charge in [0.25, 0.3) is 5.91 Å². The second kappa shape index (κ2) is 8.72. The zero-order valence-corrected chi connectivity index (χ0v) is 14.5. The van der Waals surface area contributed by atoms with E-state index in [9.17, 15) is 9.59 Å². The Hall–Kier alpha value is -1.82. The van der Waals surface area contributed by atoms with E-state index in [1.165, 1.54) is 18.4 Å². The van der Waals surface area contributed by atoms with Crippen LogP contribution < -0.4 is 11.1 Å². The highest BCUT2D eigenvalue weighted by atomic mass is 79.9. The Morgan fingerprint density at radius 3 is 2.87 bits per heavy atom. The van der Waals surface area contributed by atoms with Crippen LogP contribution in [0.15, 0.2) is 34.3 Å². The zero-order chi connectivity index (χ0) is 16.7. The molecule has 0 unspecified atom stereocenters. The minimum atomic E-state index is -0.603. The summed E-state index contributed by atoms with van der Waals surface area (Å²) in [5.41, 5.74) is 7.70. The molecular weight excluding hydrogens is 360 g/mol. The van der Waals surface area contributed by atoms with Crippen LogP contribution in [-0.4, -0.2) is 25.0 Å². The molecule has 1 aromatic carbocycles. The van der Waals surface area contributed by atoms with Crippen LogP contribution in [0.2, 0.25) is 0 Å². The average molecular weight is 381 g/mol. The lowest BCUT2D eigenvalue weighted by Crippen LogP contribution is -2.30. The lowest BCUT2D eigenvalue weighted by atomic mass is 9.97. The van der Waals surface area contributed by atoms with E-state index in [0.29, 0.717) is 12.2 Å². The Labute approximate surface area is 144 Å². The van der Waals surface area contributed by atoms with E-state index in [0.717, 1.165) is 23.7 Å². The van der Waals surface area contributed by atoms with E-state index in [1.807, 2.05) is 0 Å². The molecule has 1 aliphatic rings. The van der Waals surface area contributed by atoms with Crippen LogP contribution >= 0.6 is 15.9 Å². The van der Waals surface area contributed by atoms with Crippen LogP contribution in [0.25, 0.3) is 0 Å². The number of carbonyl (C=O) groups excluding carboxylic acids is 2. The van der Waals surface area contributed by atoms with Gasteiger partial charge in [-0.05, 0) is 50.3 Å². The maximum absolute atomic E-state index is 11.9. The molecule has 0 saturated carbocycles. The highest BCUT2D eigenvalue weighted by Gasteiger charge is 2.13. The highest BCUT2D eigenvalue weighted by molar-refractivity contribution is 9.10. The number of rotatable bonds is 6. The summed E-state index contributed by atoms with van der Waals surface area (Å²) in [6.07, 6.45) is 7.85. The Bertz CT molecular complexity index is 614. The second-order valence-corrected chi connectivity index (χ2v) is 6.43. The van der Waals surface area contributed by atoms with Crippen molar-refractivity contribution < 1.29 is 14.3 Å². The topological polar surface area (TPSA) is 81.4 Å². The fraction of sp³-hybridized carbons (Fsp3) is 0.412. The quantitative estimate of drug-likeness (QED) is 0.451. The zero-order valence-electron chi connectivity index (χ0n) is 12.9. The Morgan fingerprint density at radius 1 is 1.30 bits per heavy atom. The molecule has 124 valence electrons. The third kappa shape index (κ3) is 5.71. The largest absolute Gasteiger partial charge is 0.452 e. The van der Waals surface area contributed by atoms with E-state index < -0.39 is 5.97 Å². The second-order valence-electron chi connectivity index (χ2n) is 5.52. The van der Waals surface area contributed by atoms with E-state index in [4.69, 9.17) is 10.5 Å². The van der Waals surface area contributed by atoms with E-state index in [-0.39, 0.29) is 18.1 Å². The Kier molecular flexibility index (Phi) is 6.65. The minimum absolute atomic E-state index is 0.250. The van der Waals surface area contributed by atoms with Crippen LogP contribution in [0.1, 0.15) is 42.5 Å². The number of halogens is 1. The molecule has 0 heterocycles. The first-order chi connectivity index (χ1) is 11.1. The fourth-order valence-electron chi connectivity index (χ4n) is 2.46. The number of benzene rings is 1. The molecule has 6 heteroatoms. The number of hydrogen-bond donors (Lipinski definition) is 2. The predicted octanol–water partition coefficient (Wildman–Crippen LogP) is 3.19. The van der Waals surface area contributed by atoms with Gasteiger partial charge in [-0.15, -0.1) is 0 Å². The average Bonchev–Trinajstić information content (AvgIpc) is 2.56. The number of carbonyl (C=O) groups is 2. The highest BCUT2D eigenvalue weighted by Crippen LogP contribution is 2.20. The molecule has 1 aromatic rings. The summed E-state index contributed by atoms with van der Waals surface area (Å²) in [6.45, 7) is 0.269. The number of nitrogen functional groups attached to an aromatic ring is 1. The lowest BCUT2D eigenvalue weighted by Gasteiger charge is -2.13. The maximum atomic E-state index is 11.9. The molecule has 0 saturated heterocycles. The summed E-state index contributed by atoms with van der Waals surface area (Å²) in [5, 5.41) is 2.77. The predicted molar refractivity (Wildman–Crippen MR) is 93.0 cm³/mol. The van der Waals surface area contributed by atoms with E-state index in [1.54, 1.807) is 18.2 Å². The molecule has 0 bridgehead atoms. The maximum Gasteiger partial charge on any atom is 0.340 e. The van der Waals surface area contributed by atoms with Gasteiger partial charge in [-0.2, -0.15) is 0 Å². The van der Waals surface area contributed by atoms with Crippen molar-refractivity contribution in [2.24, 2.45) is 0 Å². The van der Waals surface area contributed by atoms with Crippen molar-refractivity contribution in [1.29, 1.82) is 0 Å². The van der Waals surface area contributed by atoms with Gasteiger partial charge < -0.3 is 15.8 Å². The molecule has 0 radical (unpaired) electrons. The summed E-state index contributed by atoms with van der Waals surface area (Å²) < 4.78 is 5.73. The van der Waals surface area contributed by atoms with Gasteiger partial charge in [0.1, 0.15) is 0 Å². The molecule has 1 amide bonds. The third-order valence-electron chi connectivity index (χ3n) is 3.72. The van der Waals surface area contributed by atoms with Crippen LogP contribution in [0.3, 0.4) is 0 Å². The van der Waals surface area contributed by atoms with Gasteiger partial charge >= 0.3 is 5.97 Å². The molecule has 2 rings (SSSR count). The summed E-state index contributed by atoms with van der Waals surface area (Å²) in [5.74, 6) is -0.905. The molecule has 0 aliphatic heterocycles. The molecule has 0 atom stereocenters. The number of allylic oxidation sites excluding steroid dienone is 1. The molecule has 23 heavy (non-hydrogen) atoms. The smallest absolute Gasteiger partial charge is 0.340 e. The summed E-state index contributed by atoms with van der Waals surface area (Å²) in [4.78, 5) is 23.7. The van der Waals surface area contributed by atoms with Gasteiger partial charge in [0.2, 0.25) is 0 Å². The third-order valence-corrected chi connectivity index (χ3v) is 4.22. The molecule has 0 fully saturated rings. The number of anilines is 1. The van der Waals surface area contributed by atoms with E-state index in [2.05, 4.69) is 27.3 Å². The van der Waals surface area contributed by atoms with Crippen molar-refractivity contribution in [3.8, 4) is 0 Å². The minimum Gasteiger partial charge on any atom is -0.452 e. The summed E-state index contributed by atoms with van der Waals surface area (Å²) >= 11 is 3.27. The molecule has 0 spiro atoms. The number of nitrogens with two attached hydrogens (primary N) is 1. The van der Waals surface area contributed by atoms with Crippen molar-refractivity contribution in [2.75, 3.05) is 18.9 Å². The Balaban J connectivity index is 1.72. The molecule has 0 aromatic heterocycles. The molecular formula is C17H21BrN2O3. The number of amides is 1. The van der Waals surface area contributed by atoms with Gasteiger partial charge in [-0.3, -0.25) is 4.79 Å². The van der Waals surface area contributed by atoms with Gasteiger partial charge in [0.05, 0.1) is 5.56 Å². The fourth-order valence-corrected chi connectivity index (χ4v) is 2.82. The first-order valence-corrected chi connectivity index (χ1v) is 8.52. The van der Waals surface area contributed by atoms with Crippen LogP contribution in [0.5, 0.6) is 0 Å². The number of hydrogen-bond acceptors (Lipinski definition) is 4.